The molecule has 2 atom stereocenters. The second-order valence-electron chi connectivity index (χ2n) is 3.72. The number of hydrogen-bond donors (Lipinski definition) is 0. The van der Waals surface area contributed by atoms with Crippen LogP contribution in [0.1, 0.15) is 30.4 Å². The Morgan fingerprint density at radius 1 is 1.36 bits per heavy atom. The lowest BCUT2D eigenvalue weighted by molar-refractivity contribution is -0.109. The minimum Gasteiger partial charge on any atom is -0.303 e. The normalized spacial score (nSPS) is 24.4. The van der Waals surface area contributed by atoms with Crippen LogP contribution in [0.25, 0.3) is 6.08 Å². The summed E-state index contributed by atoms with van der Waals surface area (Å²) in [5.41, 5.74) is 2.37. The fraction of sp³-hybridized carbons (Fsp3) is 0.308. The van der Waals surface area contributed by atoms with Crippen molar-refractivity contribution in [3.8, 4) is 0 Å². The van der Waals surface area contributed by atoms with E-state index in [0.717, 1.165) is 12.7 Å². The van der Waals surface area contributed by atoms with Gasteiger partial charge in [0.2, 0.25) is 0 Å². The third-order valence-corrected chi connectivity index (χ3v) is 2.96. The zero-order valence-electron chi connectivity index (χ0n) is 8.31. The molecule has 0 heterocycles. The Bertz CT molecular complexity index is 365. The largest absolute Gasteiger partial charge is 0.303 e. The maximum absolute atomic E-state index is 11.1. The molecule has 1 aliphatic carbocycles. The number of hydrogen-bond acceptors (Lipinski definition) is 1. The predicted molar refractivity (Wildman–Crippen MR) is 58.1 cm³/mol. The topological polar surface area (TPSA) is 17.1 Å². The number of carbonyl (C=O) groups excluding carboxylic acids is 1. The van der Waals surface area contributed by atoms with Crippen molar-refractivity contribution in [1.29, 1.82) is 0 Å². The number of carbonyl (C=O) groups is 1. The van der Waals surface area contributed by atoms with Gasteiger partial charge in [-0.15, -0.1) is 0 Å². The summed E-state index contributed by atoms with van der Waals surface area (Å²) in [6.45, 7) is 2.12. The fourth-order valence-corrected chi connectivity index (χ4v) is 2.11. The molecule has 0 radical (unpaired) electrons. The van der Waals surface area contributed by atoms with Gasteiger partial charge in [0.25, 0.3) is 0 Å². The molecule has 0 bridgehead atoms. The van der Waals surface area contributed by atoms with Gasteiger partial charge in [0.15, 0.2) is 0 Å². The molecule has 1 aliphatic rings. The molecule has 0 amide bonds. The second kappa shape index (κ2) is 3.79. The molecule has 0 spiro atoms. The Hall–Kier alpha value is -1.37. The van der Waals surface area contributed by atoms with Crippen LogP contribution < -0.4 is 0 Å². The third kappa shape index (κ3) is 1.39. The number of allylic oxidation sites excluding steroid dienone is 1. The van der Waals surface area contributed by atoms with E-state index in [2.05, 4.69) is 31.2 Å². The standard InChI is InChI=1S/C13H14O/c1-2-10-7-8-11-5-3-4-6-12(11)13(10)9-14/h3-10,13H,2H2,1H3/t10-,13+/m0/s1. The molecule has 1 aromatic carbocycles. The molecule has 14 heavy (non-hydrogen) atoms. The first-order valence-electron chi connectivity index (χ1n) is 5.09. The highest BCUT2D eigenvalue weighted by Crippen LogP contribution is 2.34. The quantitative estimate of drug-likeness (QED) is 0.649. The molecule has 0 fully saturated rings. The van der Waals surface area contributed by atoms with Gasteiger partial charge < -0.3 is 4.79 Å². The second-order valence-corrected chi connectivity index (χ2v) is 3.72. The summed E-state index contributed by atoms with van der Waals surface area (Å²) in [5.74, 6) is 0.434. The van der Waals surface area contributed by atoms with Crippen LogP contribution in [0.4, 0.5) is 0 Å². The van der Waals surface area contributed by atoms with Crippen LogP contribution in [0, 0.1) is 5.92 Å². The van der Waals surface area contributed by atoms with Crippen LogP contribution in [-0.4, -0.2) is 6.29 Å². The lowest BCUT2D eigenvalue weighted by Crippen LogP contribution is -2.15. The van der Waals surface area contributed by atoms with E-state index < -0.39 is 0 Å². The lowest BCUT2D eigenvalue weighted by atomic mass is 9.79. The van der Waals surface area contributed by atoms with E-state index >= 15 is 0 Å². The van der Waals surface area contributed by atoms with Crippen LogP contribution in [0.2, 0.25) is 0 Å². The van der Waals surface area contributed by atoms with E-state index in [0.29, 0.717) is 5.92 Å². The van der Waals surface area contributed by atoms with Crippen LogP contribution in [0.3, 0.4) is 0 Å². The van der Waals surface area contributed by atoms with Crippen molar-refractivity contribution in [2.24, 2.45) is 5.92 Å². The Balaban J connectivity index is 2.46. The maximum Gasteiger partial charge on any atom is 0.128 e. The molecule has 0 N–H and O–H groups in total. The minimum absolute atomic E-state index is 0.0567. The number of aldehydes is 1. The minimum atomic E-state index is 0.0567. The van der Waals surface area contributed by atoms with E-state index in [-0.39, 0.29) is 5.92 Å². The van der Waals surface area contributed by atoms with Crippen LogP contribution >= 0.6 is 0 Å². The van der Waals surface area contributed by atoms with E-state index in [1.807, 2.05) is 12.1 Å². The average molecular weight is 186 g/mol. The molecule has 0 saturated heterocycles. The van der Waals surface area contributed by atoms with Crippen LogP contribution in [0.15, 0.2) is 30.3 Å². The van der Waals surface area contributed by atoms with Gasteiger partial charge in [-0.05, 0) is 23.5 Å². The van der Waals surface area contributed by atoms with Crippen molar-refractivity contribution in [2.45, 2.75) is 19.3 Å². The highest BCUT2D eigenvalue weighted by molar-refractivity contribution is 5.71. The molecule has 1 heteroatoms. The molecule has 1 aromatic rings. The summed E-state index contributed by atoms with van der Waals surface area (Å²) >= 11 is 0. The zero-order chi connectivity index (χ0) is 9.97. The van der Waals surface area contributed by atoms with Gasteiger partial charge in [0.05, 0.1) is 0 Å². The molecule has 0 aliphatic heterocycles. The first-order chi connectivity index (χ1) is 6.86. The van der Waals surface area contributed by atoms with Crippen molar-refractivity contribution in [3.63, 3.8) is 0 Å². The Kier molecular flexibility index (Phi) is 2.49. The molecule has 0 aromatic heterocycles. The van der Waals surface area contributed by atoms with Crippen LogP contribution in [-0.2, 0) is 4.79 Å². The maximum atomic E-state index is 11.1. The van der Waals surface area contributed by atoms with Crippen LogP contribution in [0.5, 0.6) is 0 Å². The van der Waals surface area contributed by atoms with Gasteiger partial charge in [-0.2, -0.15) is 0 Å². The summed E-state index contributed by atoms with van der Waals surface area (Å²) < 4.78 is 0. The van der Waals surface area contributed by atoms with E-state index in [1.165, 1.54) is 11.1 Å². The predicted octanol–water partition coefficient (Wildman–Crippen LogP) is 3.02. The third-order valence-electron chi connectivity index (χ3n) is 2.96. The van der Waals surface area contributed by atoms with Gasteiger partial charge in [0.1, 0.15) is 6.29 Å². The van der Waals surface area contributed by atoms with Crippen molar-refractivity contribution in [2.75, 3.05) is 0 Å². The molecular weight excluding hydrogens is 172 g/mol. The van der Waals surface area contributed by atoms with Crippen molar-refractivity contribution >= 4 is 12.4 Å². The highest BCUT2D eigenvalue weighted by atomic mass is 16.1. The van der Waals surface area contributed by atoms with Gasteiger partial charge in [-0.3, -0.25) is 0 Å². The molecule has 2 rings (SSSR count). The molecule has 0 unspecified atom stereocenters. The smallest absolute Gasteiger partial charge is 0.128 e. The summed E-state index contributed by atoms with van der Waals surface area (Å²) in [4.78, 5) is 11.1. The molecular formula is C13H14O. The lowest BCUT2D eigenvalue weighted by Gasteiger charge is -2.24. The van der Waals surface area contributed by atoms with Crippen molar-refractivity contribution in [1.82, 2.24) is 0 Å². The van der Waals surface area contributed by atoms with Crippen molar-refractivity contribution < 1.29 is 4.79 Å². The Labute approximate surface area is 84.5 Å². The van der Waals surface area contributed by atoms with E-state index in [4.69, 9.17) is 0 Å². The number of rotatable bonds is 2. The Morgan fingerprint density at radius 3 is 2.86 bits per heavy atom. The fourth-order valence-electron chi connectivity index (χ4n) is 2.11. The van der Waals surface area contributed by atoms with Gasteiger partial charge in [-0.1, -0.05) is 43.3 Å². The first-order valence-corrected chi connectivity index (χ1v) is 5.09. The van der Waals surface area contributed by atoms with E-state index in [9.17, 15) is 4.79 Å². The highest BCUT2D eigenvalue weighted by Gasteiger charge is 2.23. The SMILES string of the molecule is CC[C@H]1C=Cc2ccccc2[C@@H]1C=O. The first kappa shape index (κ1) is 9.20. The number of benzene rings is 1. The van der Waals surface area contributed by atoms with Gasteiger partial charge in [0, 0.05) is 5.92 Å². The summed E-state index contributed by atoms with van der Waals surface area (Å²) in [6.07, 6.45) is 6.38. The summed E-state index contributed by atoms with van der Waals surface area (Å²) in [7, 11) is 0. The molecule has 0 saturated carbocycles. The van der Waals surface area contributed by atoms with E-state index in [1.54, 1.807) is 0 Å². The average Bonchev–Trinajstić information content (AvgIpc) is 2.27. The summed E-state index contributed by atoms with van der Waals surface area (Å²) in [5, 5.41) is 0. The molecule has 1 nitrogen and oxygen atoms in total. The zero-order valence-corrected chi connectivity index (χ0v) is 8.31. The van der Waals surface area contributed by atoms with Gasteiger partial charge >= 0.3 is 0 Å². The number of fused-ring (bicyclic) bond motifs is 1. The van der Waals surface area contributed by atoms with Gasteiger partial charge in [-0.25, -0.2) is 0 Å². The Morgan fingerprint density at radius 2 is 2.14 bits per heavy atom. The summed E-state index contributed by atoms with van der Waals surface area (Å²) in [6, 6.07) is 8.13. The monoisotopic (exact) mass is 186 g/mol. The molecule has 72 valence electrons. The van der Waals surface area contributed by atoms with Crippen molar-refractivity contribution in [3.05, 3.63) is 41.5 Å².